The number of anilines is 3. The number of aromatic nitrogens is 2. The van der Waals surface area contributed by atoms with E-state index in [1.807, 2.05) is 12.1 Å². The Morgan fingerprint density at radius 2 is 1.89 bits per heavy atom. The highest BCUT2D eigenvalue weighted by atomic mass is 16.2. The Kier molecular flexibility index (Phi) is 6.73. The van der Waals surface area contributed by atoms with Gasteiger partial charge in [0.1, 0.15) is 0 Å². The van der Waals surface area contributed by atoms with Gasteiger partial charge in [-0.2, -0.15) is 0 Å². The number of hydrogen-bond acceptors (Lipinski definition) is 5. The lowest BCUT2D eigenvalue weighted by molar-refractivity contribution is -0.114. The summed E-state index contributed by atoms with van der Waals surface area (Å²) in [5.74, 6) is 0.0723. The second-order valence-corrected chi connectivity index (χ2v) is 6.80. The molecule has 1 aromatic carbocycles. The summed E-state index contributed by atoms with van der Waals surface area (Å²) >= 11 is 0. The number of nitrogens with zero attached hydrogens (tertiary/aromatic N) is 2. The third kappa shape index (κ3) is 5.90. The minimum atomic E-state index is -0.171. The Balaban J connectivity index is 1.52. The zero-order valence-electron chi connectivity index (χ0n) is 16.0. The highest BCUT2D eigenvalue weighted by molar-refractivity contribution is 5.93. The largest absolute Gasteiger partial charge is 0.352 e. The van der Waals surface area contributed by atoms with Crippen molar-refractivity contribution >= 4 is 29.1 Å². The summed E-state index contributed by atoms with van der Waals surface area (Å²) in [6.07, 6.45) is 11.0. The highest BCUT2D eigenvalue weighted by Gasteiger charge is 2.09. The normalized spacial score (nSPS) is 13.4. The molecule has 1 aromatic heterocycles. The molecule has 0 spiro atoms. The fourth-order valence-corrected chi connectivity index (χ4v) is 3.09. The first-order valence-electron chi connectivity index (χ1n) is 9.53. The van der Waals surface area contributed by atoms with Crippen LogP contribution in [0.2, 0.25) is 0 Å². The van der Waals surface area contributed by atoms with Crippen molar-refractivity contribution in [3.05, 3.63) is 53.9 Å². The molecule has 28 heavy (non-hydrogen) atoms. The molecular formula is C21H25N5O2. The molecular weight excluding hydrogens is 354 g/mol. The van der Waals surface area contributed by atoms with Gasteiger partial charge >= 0.3 is 0 Å². The molecule has 3 rings (SSSR count). The van der Waals surface area contributed by atoms with E-state index in [0.717, 1.165) is 24.9 Å². The van der Waals surface area contributed by atoms with Crippen LogP contribution in [0.25, 0.3) is 0 Å². The molecule has 0 fully saturated rings. The van der Waals surface area contributed by atoms with Gasteiger partial charge in [0.2, 0.25) is 11.9 Å². The van der Waals surface area contributed by atoms with E-state index in [2.05, 4.69) is 32.0 Å². The Morgan fingerprint density at radius 1 is 1.11 bits per heavy atom. The van der Waals surface area contributed by atoms with E-state index in [0.29, 0.717) is 23.7 Å². The predicted molar refractivity (Wildman–Crippen MR) is 110 cm³/mol. The first kappa shape index (κ1) is 19.5. The van der Waals surface area contributed by atoms with Crippen molar-refractivity contribution in [3.63, 3.8) is 0 Å². The topological polar surface area (TPSA) is 96.0 Å². The van der Waals surface area contributed by atoms with E-state index >= 15 is 0 Å². The number of carbonyl (C=O) groups excluding carboxylic acids is 2. The number of rotatable bonds is 7. The molecule has 0 bridgehead atoms. The van der Waals surface area contributed by atoms with Crippen molar-refractivity contribution in [2.75, 3.05) is 17.2 Å². The minimum absolute atomic E-state index is 0.136. The van der Waals surface area contributed by atoms with E-state index in [4.69, 9.17) is 0 Å². The third-order valence-corrected chi connectivity index (χ3v) is 4.47. The third-order valence-electron chi connectivity index (χ3n) is 4.47. The van der Waals surface area contributed by atoms with Gasteiger partial charge in [-0.3, -0.25) is 9.59 Å². The Bertz CT molecular complexity index is 861. The molecule has 7 heteroatoms. The summed E-state index contributed by atoms with van der Waals surface area (Å²) in [4.78, 5) is 31.8. The van der Waals surface area contributed by atoms with Gasteiger partial charge in [-0.15, -0.1) is 0 Å². The van der Waals surface area contributed by atoms with Crippen LogP contribution in [0, 0.1) is 0 Å². The van der Waals surface area contributed by atoms with E-state index in [1.165, 1.54) is 37.7 Å². The number of allylic oxidation sites excluding steroid dienone is 1. The van der Waals surface area contributed by atoms with E-state index < -0.39 is 0 Å². The smallest absolute Gasteiger partial charge is 0.254 e. The molecule has 7 nitrogen and oxygen atoms in total. The van der Waals surface area contributed by atoms with Gasteiger partial charge in [-0.1, -0.05) is 17.7 Å². The zero-order valence-corrected chi connectivity index (χ0v) is 16.0. The molecule has 2 aromatic rings. The van der Waals surface area contributed by atoms with Gasteiger partial charge in [0.25, 0.3) is 5.91 Å². The molecule has 1 aliphatic carbocycles. The fraction of sp³-hybridized carbons (Fsp3) is 0.333. The fourth-order valence-electron chi connectivity index (χ4n) is 3.09. The lowest BCUT2D eigenvalue weighted by Gasteiger charge is -2.13. The van der Waals surface area contributed by atoms with Crippen molar-refractivity contribution < 1.29 is 9.59 Å². The molecule has 0 radical (unpaired) electrons. The summed E-state index contributed by atoms with van der Waals surface area (Å²) in [7, 11) is 0. The number of nitrogens with one attached hydrogen (secondary N) is 3. The summed E-state index contributed by atoms with van der Waals surface area (Å²) in [6, 6.07) is 7.24. The maximum Gasteiger partial charge on any atom is 0.254 e. The maximum atomic E-state index is 12.2. The Labute approximate surface area is 164 Å². The second-order valence-electron chi connectivity index (χ2n) is 6.80. The molecule has 0 atom stereocenters. The van der Waals surface area contributed by atoms with Gasteiger partial charge in [0, 0.05) is 37.2 Å². The van der Waals surface area contributed by atoms with Crippen LogP contribution in [0.5, 0.6) is 0 Å². The van der Waals surface area contributed by atoms with E-state index in [9.17, 15) is 9.59 Å². The predicted octanol–water partition coefficient (Wildman–Crippen LogP) is 3.80. The molecule has 0 saturated carbocycles. The highest BCUT2D eigenvalue weighted by Crippen LogP contribution is 2.20. The average molecular weight is 379 g/mol. The standard InChI is InChI=1S/C21H25N5O2/c1-15(27)25-18-8-5-9-19(12-18)26-21-23-13-17(14-24-21)20(28)22-11-10-16-6-3-2-4-7-16/h5-6,8-9,12-14H,2-4,7,10-11H2,1H3,(H,22,28)(H,25,27)(H,23,24,26). The molecule has 0 aliphatic heterocycles. The monoisotopic (exact) mass is 379 g/mol. The van der Waals surface area contributed by atoms with Crippen LogP contribution in [0.1, 0.15) is 49.4 Å². The number of amides is 2. The van der Waals surface area contributed by atoms with Crippen molar-refractivity contribution in [3.8, 4) is 0 Å². The molecule has 2 amide bonds. The van der Waals surface area contributed by atoms with Crippen LogP contribution >= 0.6 is 0 Å². The van der Waals surface area contributed by atoms with Gasteiger partial charge in [-0.05, 0) is 50.3 Å². The number of benzene rings is 1. The first-order chi connectivity index (χ1) is 13.6. The maximum absolute atomic E-state index is 12.2. The van der Waals surface area contributed by atoms with Crippen molar-refractivity contribution in [1.29, 1.82) is 0 Å². The van der Waals surface area contributed by atoms with Gasteiger partial charge in [0.05, 0.1) is 5.56 Å². The molecule has 1 heterocycles. The van der Waals surface area contributed by atoms with Crippen molar-refractivity contribution in [1.82, 2.24) is 15.3 Å². The van der Waals surface area contributed by atoms with E-state index in [1.54, 1.807) is 12.1 Å². The second kappa shape index (κ2) is 9.64. The van der Waals surface area contributed by atoms with Crippen molar-refractivity contribution in [2.24, 2.45) is 0 Å². The van der Waals surface area contributed by atoms with Gasteiger partial charge in [-0.25, -0.2) is 9.97 Å². The van der Waals surface area contributed by atoms with Crippen LogP contribution in [0.15, 0.2) is 48.3 Å². The SMILES string of the molecule is CC(=O)Nc1cccc(Nc2ncc(C(=O)NCCC3=CCCCC3)cn2)c1. The first-order valence-corrected chi connectivity index (χ1v) is 9.53. The minimum Gasteiger partial charge on any atom is -0.352 e. The van der Waals surface area contributed by atoms with Crippen LogP contribution in [0.4, 0.5) is 17.3 Å². The summed E-state index contributed by atoms with van der Waals surface area (Å²) in [6.45, 7) is 2.08. The number of hydrogen-bond donors (Lipinski definition) is 3. The lowest BCUT2D eigenvalue weighted by Crippen LogP contribution is -2.25. The van der Waals surface area contributed by atoms with Crippen LogP contribution in [-0.4, -0.2) is 28.3 Å². The molecule has 1 aliphatic rings. The molecule has 146 valence electrons. The Hall–Kier alpha value is -3.22. The van der Waals surface area contributed by atoms with Crippen molar-refractivity contribution in [2.45, 2.75) is 39.0 Å². The zero-order chi connectivity index (χ0) is 19.8. The molecule has 0 saturated heterocycles. The van der Waals surface area contributed by atoms with Crippen LogP contribution in [-0.2, 0) is 4.79 Å². The van der Waals surface area contributed by atoms with Crippen LogP contribution < -0.4 is 16.0 Å². The average Bonchev–Trinajstić information content (AvgIpc) is 2.69. The quantitative estimate of drug-likeness (QED) is 0.636. The number of carbonyl (C=O) groups is 2. The molecule has 0 unspecified atom stereocenters. The summed E-state index contributed by atoms with van der Waals surface area (Å²) in [5, 5.41) is 8.70. The summed E-state index contributed by atoms with van der Waals surface area (Å²) < 4.78 is 0. The van der Waals surface area contributed by atoms with Gasteiger partial charge < -0.3 is 16.0 Å². The lowest BCUT2D eigenvalue weighted by atomic mass is 9.97. The molecule has 3 N–H and O–H groups in total. The van der Waals surface area contributed by atoms with Gasteiger partial charge in [0.15, 0.2) is 0 Å². The van der Waals surface area contributed by atoms with E-state index in [-0.39, 0.29) is 11.8 Å². The Morgan fingerprint density at radius 3 is 2.61 bits per heavy atom. The summed E-state index contributed by atoms with van der Waals surface area (Å²) in [5.41, 5.74) is 3.28. The van der Waals surface area contributed by atoms with Crippen LogP contribution in [0.3, 0.4) is 0 Å².